The zero-order valence-electron chi connectivity index (χ0n) is 20.9. The molecule has 2 saturated heterocycles. The van der Waals surface area contributed by atoms with E-state index in [4.69, 9.17) is 16.3 Å². The van der Waals surface area contributed by atoms with E-state index in [-0.39, 0.29) is 36.7 Å². The van der Waals surface area contributed by atoms with Crippen LogP contribution in [0.25, 0.3) is 10.8 Å². The highest BCUT2D eigenvalue weighted by molar-refractivity contribution is 7.87. The molecular formula is C26H26ClF3N4O4S. The van der Waals surface area contributed by atoms with Gasteiger partial charge in [0.1, 0.15) is 6.61 Å². The number of ether oxygens (including phenoxy) is 1. The van der Waals surface area contributed by atoms with Gasteiger partial charge in [-0.25, -0.2) is 0 Å². The number of anilines is 1. The number of aromatic nitrogens is 2. The standard InChI is InChI=1S/C26H26ClF3N4O4S/c27-19-7-1-5-17-6-2-8-21(22(17)19)33-14-9-18-20(15-33)31-24(32-23(18)38-39(35,36)26(28,29)30)37-16-25-10-3-12-34(25)13-4-11-25/h1-2,5-8H,3-4,9-16H2. The van der Waals surface area contributed by atoms with Gasteiger partial charge in [-0.3, -0.25) is 4.90 Å². The molecule has 3 aliphatic heterocycles. The number of fused-ring (bicyclic) bond motifs is 3. The largest absolute Gasteiger partial charge is 0.534 e. The minimum Gasteiger partial charge on any atom is -0.461 e. The summed E-state index contributed by atoms with van der Waals surface area (Å²) in [4.78, 5) is 12.9. The molecule has 1 aromatic heterocycles. The molecule has 0 saturated carbocycles. The van der Waals surface area contributed by atoms with Crippen LogP contribution in [-0.2, 0) is 23.1 Å². The van der Waals surface area contributed by atoms with Crippen molar-refractivity contribution in [3.05, 3.63) is 52.7 Å². The normalized spacial score (nSPS) is 19.2. The quantitative estimate of drug-likeness (QED) is 0.294. The van der Waals surface area contributed by atoms with E-state index in [1.165, 1.54) is 0 Å². The first-order valence-corrected chi connectivity index (χ1v) is 14.6. The number of alkyl halides is 3. The number of benzene rings is 2. The highest BCUT2D eigenvalue weighted by atomic mass is 35.5. The van der Waals surface area contributed by atoms with Crippen molar-refractivity contribution in [2.75, 3.05) is 31.1 Å². The van der Waals surface area contributed by atoms with E-state index in [9.17, 15) is 21.6 Å². The van der Waals surface area contributed by atoms with E-state index in [0.717, 1.165) is 55.2 Å². The van der Waals surface area contributed by atoms with Crippen LogP contribution in [0.2, 0.25) is 5.02 Å². The molecular weight excluding hydrogens is 557 g/mol. The Kier molecular flexibility index (Phi) is 6.54. The van der Waals surface area contributed by atoms with E-state index in [2.05, 4.69) is 19.1 Å². The van der Waals surface area contributed by atoms with Gasteiger partial charge in [0.2, 0.25) is 5.88 Å². The van der Waals surface area contributed by atoms with Crippen LogP contribution < -0.4 is 13.8 Å². The average Bonchev–Trinajstić information content (AvgIpc) is 3.47. The lowest BCUT2D eigenvalue weighted by Crippen LogP contribution is -2.43. The maximum atomic E-state index is 13.2. The van der Waals surface area contributed by atoms with Crippen LogP contribution in [0.5, 0.6) is 11.9 Å². The lowest BCUT2D eigenvalue weighted by molar-refractivity contribution is -0.0502. The van der Waals surface area contributed by atoms with Gasteiger partial charge < -0.3 is 13.8 Å². The van der Waals surface area contributed by atoms with Crippen molar-refractivity contribution in [3.8, 4) is 11.9 Å². The van der Waals surface area contributed by atoms with Crippen molar-refractivity contribution in [2.24, 2.45) is 0 Å². The molecule has 6 rings (SSSR count). The molecule has 0 atom stereocenters. The third-order valence-electron chi connectivity index (χ3n) is 7.93. The maximum absolute atomic E-state index is 13.2. The van der Waals surface area contributed by atoms with Crippen molar-refractivity contribution >= 4 is 38.2 Å². The van der Waals surface area contributed by atoms with Crippen molar-refractivity contribution in [1.82, 2.24) is 14.9 Å². The Morgan fingerprint density at radius 3 is 2.46 bits per heavy atom. The van der Waals surface area contributed by atoms with Gasteiger partial charge in [0.15, 0.2) is 0 Å². The van der Waals surface area contributed by atoms with Crippen molar-refractivity contribution < 1.29 is 30.5 Å². The van der Waals surface area contributed by atoms with Gasteiger partial charge in [0.25, 0.3) is 0 Å². The van der Waals surface area contributed by atoms with E-state index in [0.29, 0.717) is 17.3 Å². The molecule has 8 nitrogen and oxygen atoms in total. The summed E-state index contributed by atoms with van der Waals surface area (Å²) in [5.74, 6) is -0.643. The molecule has 2 fully saturated rings. The number of hydrogen-bond acceptors (Lipinski definition) is 8. The van der Waals surface area contributed by atoms with Gasteiger partial charge in [-0.05, 0) is 62.7 Å². The lowest BCUT2D eigenvalue weighted by Gasteiger charge is -2.33. The summed E-state index contributed by atoms with van der Waals surface area (Å²) in [5.41, 5.74) is -4.38. The summed E-state index contributed by atoms with van der Waals surface area (Å²) in [6.45, 7) is 2.74. The van der Waals surface area contributed by atoms with E-state index >= 15 is 0 Å². The van der Waals surface area contributed by atoms with Crippen LogP contribution in [-0.4, -0.2) is 60.6 Å². The third kappa shape index (κ3) is 4.76. The minimum atomic E-state index is -5.93. The highest BCUT2D eigenvalue weighted by Gasteiger charge is 2.49. The van der Waals surface area contributed by atoms with Gasteiger partial charge in [-0.15, -0.1) is 0 Å². The summed E-state index contributed by atoms with van der Waals surface area (Å²) in [6, 6.07) is 11.2. The fraction of sp³-hybridized carbons (Fsp3) is 0.462. The molecule has 208 valence electrons. The van der Waals surface area contributed by atoms with E-state index < -0.39 is 21.5 Å². The van der Waals surface area contributed by atoms with Crippen LogP contribution in [0.1, 0.15) is 36.9 Å². The molecule has 4 heterocycles. The molecule has 0 bridgehead atoms. The van der Waals surface area contributed by atoms with Gasteiger partial charge in [0, 0.05) is 23.2 Å². The smallest absolute Gasteiger partial charge is 0.461 e. The van der Waals surface area contributed by atoms with Gasteiger partial charge in [-0.1, -0.05) is 35.9 Å². The van der Waals surface area contributed by atoms with Crippen molar-refractivity contribution in [3.63, 3.8) is 0 Å². The summed E-state index contributed by atoms with van der Waals surface area (Å²) in [7, 11) is -5.93. The predicted molar refractivity (Wildman–Crippen MR) is 140 cm³/mol. The fourth-order valence-corrected chi connectivity index (χ4v) is 6.78. The second-order valence-electron chi connectivity index (χ2n) is 10.2. The Morgan fingerprint density at radius 1 is 1.03 bits per heavy atom. The van der Waals surface area contributed by atoms with Crippen molar-refractivity contribution in [2.45, 2.75) is 49.7 Å². The first-order chi connectivity index (χ1) is 18.6. The number of halogens is 4. The second kappa shape index (κ2) is 9.67. The van der Waals surface area contributed by atoms with E-state index in [1.54, 1.807) is 6.07 Å². The fourth-order valence-electron chi connectivity index (χ4n) is 6.06. The van der Waals surface area contributed by atoms with Gasteiger partial charge in [-0.2, -0.15) is 31.6 Å². The van der Waals surface area contributed by atoms with Crippen LogP contribution >= 0.6 is 11.6 Å². The number of nitrogens with zero attached hydrogens (tertiary/aromatic N) is 4. The molecule has 3 aliphatic rings. The van der Waals surface area contributed by atoms with Gasteiger partial charge >= 0.3 is 21.6 Å². The molecule has 0 N–H and O–H groups in total. The molecule has 0 radical (unpaired) electrons. The predicted octanol–water partition coefficient (Wildman–Crippen LogP) is 5.08. The Hall–Kier alpha value is -2.83. The first kappa shape index (κ1) is 26.4. The summed E-state index contributed by atoms with van der Waals surface area (Å²) < 4.78 is 74.0. The minimum absolute atomic E-state index is 0.163. The summed E-state index contributed by atoms with van der Waals surface area (Å²) >= 11 is 6.53. The Balaban J connectivity index is 1.36. The summed E-state index contributed by atoms with van der Waals surface area (Å²) in [6.07, 6.45) is 4.12. The SMILES string of the molecule is O=S(=O)(Oc1nc(OCC23CCCN2CCC3)nc2c1CCN(c1cccc3cccc(Cl)c13)C2)C(F)(F)F. The topological polar surface area (TPSA) is 84.9 Å². The zero-order valence-corrected chi connectivity index (χ0v) is 22.4. The van der Waals surface area contributed by atoms with Gasteiger partial charge in [0.05, 0.1) is 22.8 Å². The molecule has 0 unspecified atom stereocenters. The highest BCUT2D eigenvalue weighted by Crippen LogP contribution is 2.40. The van der Waals surface area contributed by atoms with E-state index in [1.807, 2.05) is 35.2 Å². The molecule has 0 spiro atoms. The first-order valence-electron chi connectivity index (χ1n) is 12.8. The molecule has 0 aliphatic carbocycles. The third-order valence-corrected chi connectivity index (χ3v) is 9.19. The monoisotopic (exact) mass is 582 g/mol. The van der Waals surface area contributed by atoms with Crippen molar-refractivity contribution in [1.29, 1.82) is 0 Å². The molecule has 39 heavy (non-hydrogen) atoms. The molecule has 0 amide bonds. The number of rotatable bonds is 6. The van der Waals surface area contributed by atoms with Crippen LogP contribution in [0.4, 0.5) is 18.9 Å². The molecule has 2 aromatic carbocycles. The molecule has 13 heteroatoms. The second-order valence-corrected chi connectivity index (χ2v) is 12.2. The van der Waals surface area contributed by atoms with Crippen LogP contribution in [0.15, 0.2) is 36.4 Å². The van der Waals surface area contributed by atoms with Crippen LogP contribution in [0, 0.1) is 0 Å². The summed E-state index contributed by atoms with van der Waals surface area (Å²) in [5, 5.41) is 2.35. The average molecular weight is 583 g/mol. The maximum Gasteiger partial charge on any atom is 0.534 e. The Morgan fingerprint density at radius 2 is 1.74 bits per heavy atom. The van der Waals surface area contributed by atoms with Crippen LogP contribution in [0.3, 0.4) is 0 Å². The zero-order chi connectivity index (χ0) is 27.4. The Labute approximate surface area is 228 Å². The molecule has 3 aromatic rings. The number of hydrogen-bond donors (Lipinski definition) is 0. The lowest BCUT2D eigenvalue weighted by atomic mass is 9.95. The Bertz CT molecular complexity index is 1520.